The number of hydrogen-bond donors (Lipinski definition) is 2. The number of anilines is 1. The summed E-state index contributed by atoms with van der Waals surface area (Å²) in [6.45, 7) is 0.382. The molecule has 0 unspecified atom stereocenters. The van der Waals surface area contributed by atoms with Gasteiger partial charge >= 0.3 is 0 Å². The zero-order valence-electron chi connectivity index (χ0n) is 13.2. The number of carbonyl (C=O) groups is 1. The van der Waals surface area contributed by atoms with E-state index in [1.165, 1.54) is 18.3 Å². The summed E-state index contributed by atoms with van der Waals surface area (Å²) >= 11 is 11.7. The van der Waals surface area contributed by atoms with Gasteiger partial charge in [-0.1, -0.05) is 35.3 Å². The van der Waals surface area contributed by atoms with Crippen molar-refractivity contribution in [2.75, 3.05) is 5.32 Å². The lowest BCUT2D eigenvalue weighted by molar-refractivity contribution is -0.384. The fraction of sp³-hybridized carbons (Fsp3) is 0.0588. The van der Waals surface area contributed by atoms with Crippen molar-refractivity contribution in [1.29, 1.82) is 5.26 Å². The Morgan fingerprint density at radius 1 is 1.23 bits per heavy atom. The molecule has 0 aliphatic rings. The first kappa shape index (κ1) is 19.2. The van der Waals surface area contributed by atoms with Gasteiger partial charge in [0.1, 0.15) is 11.6 Å². The molecule has 2 aromatic rings. The number of nitro benzene ring substituents is 1. The summed E-state index contributed by atoms with van der Waals surface area (Å²) in [7, 11) is 0. The van der Waals surface area contributed by atoms with Crippen LogP contribution in [0, 0.1) is 21.4 Å². The number of carbonyl (C=O) groups excluding carboxylic acids is 1. The van der Waals surface area contributed by atoms with E-state index in [2.05, 4.69) is 10.6 Å². The number of halogens is 2. The van der Waals surface area contributed by atoms with Crippen molar-refractivity contribution in [2.45, 2.75) is 6.54 Å². The van der Waals surface area contributed by atoms with Gasteiger partial charge in [-0.3, -0.25) is 14.9 Å². The quantitative estimate of drug-likeness (QED) is 0.334. The third-order valence-corrected chi connectivity index (χ3v) is 3.82. The van der Waals surface area contributed by atoms with E-state index in [9.17, 15) is 14.9 Å². The molecule has 0 saturated heterocycles. The van der Waals surface area contributed by atoms with Gasteiger partial charge in [0.05, 0.1) is 15.6 Å². The van der Waals surface area contributed by atoms with Gasteiger partial charge in [-0.15, -0.1) is 0 Å². The van der Waals surface area contributed by atoms with Crippen LogP contribution in [0.3, 0.4) is 0 Å². The first-order valence-corrected chi connectivity index (χ1v) is 7.99. The predicted octanol–water partition coefficient (Wildman–Crippen LogP) is 4.04. The van der Waals surface area contributed by atoms with Crippen LogP contribution in [-0.4, -0.2) is 10.8 Å². The number of non-ortho nitro benzene ring substituents is 1. The van der Waals surface area contributed by atoms with Crippen molar-refractivity contribution >= 4 is 40.5 Å². The van der Waals surface area contributed by atoms with Crippen LogP contribution in [0.4, 0.5) is 11.4 Å². The molecule has 26 heavy (non-hydrogen) atoms. The van der Waals surface area contributed by atoms with Gasteiger partial charge < -0.3 is 10.6 Å². The van der Waals surface area contributed by atoms with E-state index in [-0.39, 0.29) is 22.0 Å². The molecule has 0 aliphatic heterocycles. The summed E-state index contributed by atoms with van der Waals surface area (Å²) in [5, 5.41) is 25.9. The molecule has 0 fully saturated rings. The van der Waals surface area contributed by atoms with Gasteiger partial charge in [-0.25, -0.2) is 0 Å². The van der Waals surface area contributed by atoms with Crippen LogP contribution in [0.15, 0.2) is 54.2 Å². The molecule has 0 bridgehead atoms. The number of benzene rings is 2. The van der Waals surface area contributed by atoms with Crippen LogP contribution < -0.4 is 10.6 Å². The molecule has 2 rings (SSSR count). The number of nitrogens with zero attached hydrogens (tertiary/aromatic N) is 2. The molecule has 0 atom stereocenters. The van der Waals surface area contributed by atoms with Crippen LogP contribution in [0.25, 0.3) is 0 Å². The Morgan fingerprint density at radius 2 is 1.92 bits per heavy atom. The lowest BCUT2D eigenvalue weighted by atomic mass is 10.2. The van der Waals surface area contributed by atoms with Gasteiger partial charge in [0.15, 0.2) is 0 Å². The Hall–Kier alpha value is -3.08. The SMILES string of the molecule is N#C/C(=C/NCc1ccc(Cl)cc1)C(=O)Nc1cc([N+](=O)[O-])ccc1Cl. The van der Waals surface area contributed by atoms with Gasteiger partial charge in [0.2, 0.25) is 0 Å². The van der Waals surface area contributed by atoms with Crippen molar-refractivity contribution in [2.24, 2.45) is 0 Å². The van der Waals surface area contributed by atoms with Crippen molar-refractivity contribution in [3.63, 3.8) is 0 Å². The van der Waals surface area contributed by atoms with E-state index in [0.717, 1.165) is 11.6 Å². The van der Waals surface area contributed by atoms with Crippen LogP contribution in [0.1, 0.15) is 5.56 Å². The van der Waals surface area contributed by atoms with Crippen LogP contribution in [0.2, 0.25) is 10.0 Å². The summed E-state index contributed by atoms with van der Waals surface area (Å²) < 4.78 is 0. The maximum absolute atomic E-state index is 12.2. The van der Waals surface area contributed by atoms with E-state index >= 15 is 0 Å². The minimum atomic E-state index is -0.737. The molecule has 2 N–H and O–H groups in total. The number of amides is 1. The van der Waals surface area contributed by atoms with Gasteiger partial charge in [0, 0.05) is 29.9 Å². The highest BCUT2D eigenvalue weighted by atomic mass is 35.5. The van der Waals surface area contributed by atoms with Crippen molar-refractivity contribution in [3.8, 4) is 6.07 Å². The second-order valence-corrected chi connectivity index (χ2v) is 5.90. The highest BCUT2D eigenvalue weighted by Crippen LogP contribution is 2.27. The third kappa shape index (κ3) is 5.21. The summed E-state index contributed by atoms with van der Waals surface area (Å²) in [5.41, 5.74) is 0.518. The van der Waals surface area contributed by atoms with E-state index in [4.69, 9.17) is 28.5 Å². The summed E-state index contributed by atoms with van der Waals surface area (Å²) in [6.07, 6.45) is 1.26. The fourth-order valence-corrected chi connectivity index (χ4v) is 2.22. The normalized spacial score (nSPS) is 10.7. The highest BCUT2D eigenvalue weighted by molar-refractivity contribution is 6.34. The van der Waals surface area contributed by atoms with Crippen molar-refractivity contribution in [1.82, 2.24) is 5.32 Å². The Kier molecular flexibility index (Phi) is 6.55. The molecule has 0 saturated carbocycles. The van der Waals surface area contributed by atoms with Gasteiger partial charge in [-0.05, 0) is 23.8 Å². The standard InChI is InChI=1S/C17H12Cl2N4O3/c18-13-3-1-11(2-4-13)9-21-10-12(8-20)17(24)22-16-7-14(23(25)26)5-6-15(16)19/h1-7,10,21H,9H2,(H,22,24)/b12-10-. The molecule has 9 heteroatoms. The molecule has 132 valence electrons. The highest BCUT2D eigenvalue weighted by Gasteiger charge is 2.14. The Morgan fingerprint density at radius 3 is 2.54 bits per heavy atom. The Labute approximate surface area is 159 Å². The summed E-state index contributed by atoms with van der Waals surface area (Å²) in [4.78, 5) is 22.4. The summed E-state index contributed by atoms with van der Waals surface area (Å²) in [6, 6.07) is 12.5. The zero-order chi connectivity index (χ0) is 19.1. The fourth-order valence-electron chi connectivity index (χ4n) is 1.93. The molecule has 0 heterocycles. The third-order valence-electron chi connectivity index (χ3n) is 3.24. The maximum Gasteiger partial charge on any atom is 0.271 e. The predicted molar refractivity (Wildman–Crippen MR) is 98.7 cm³/mol. The largest absolute Gasteiger partial charge is 0.386 e. The summed E-state index contributed by atoms with van der Waals surface area (Å²) in [5.74, 6) is -0.737. The molecule has 0 aromatic heterocycles. The first-order chi connectivity index (χ1) is 12.4. The van der Waals surface area contributed by atoms with Crippen LogP contribution in [-0.2, 0) is 11.3 Å². The van der Waals surface area contributed by atoms with Crippen molar-refractivity contribution in [3.05, 3.63) is 80.0 Å². The Bertz CT molecular complexity index is 905. The maximum atomic E-state index is 12.2. The minimum absolute atomic E-state index is 0.0460. The molecule has 0 spiro atoms. The lowest BCUT2D eigenvalue weighted by Gasteiger charge is -2.07. The number of nitro groups is 1. The molecule has 7 nitrogen and oxygen atoms in total. The number of nitrogens with one attached hydrogen (secondary N) is 2. The number of hydrogen-bond acceptors (Lipinski definition) is 5. The van der Waals surface area contributed by atoms with Gasteiger partial charge in [0.25, 0.3) is 11.6 Å². The van der Waals surface area contributed by atoms with Crippen LogP contribution >= 0.6 is 23.2 Å². The first-order valence-electron chi connectivity index (χ1n) is 7.24. The molecule has 2 aromatic carbocycles. The second kappa shape index (κ2) is 8.85. The average molecular weight is 391 g/mol. The van der Waals surface area contributed by atoms with E-state index in [1.807, 2.05) is 0 Å². The van der Waals surface area contributed by atoms with E-state index in [0.29, 0.717) is 11.6 Å². The molecule has 1 amide bonds. The topological polar surface area (TPSA) is 108 Å². The lowest BCUT2D eigenvalue weighted by Crippen LogP contribution is -2.17. The second-order valence-electron chi connectivity index (χ2n) is 5.05. The zero-order valence-corrected chi connectivity index (χ0v) is 14.7. The minimum Gasteiger partial charge on any atom is -0.386 e. The average Bonchev–Trinajstić information content (AvgIpc) is 2.61. The van der Waals surface area contributed by atoms with Crippen LogP contribution in [0.5, 0.6) is 0 Å². The van der Waals surface area contributed by atoms with Gasteiger partial charge in [-0.2, -0.15) is 5.26 Å². The smallest absolute Gasteiger partial charge is 0.271 e. The monoisotopic (exact) mass is 390 g/mol. The molecule has 0 aliphatic carbocycles. The van der Waals surface area contributed by atoms with Crippen molar-refractivity contribution < 1.29 is 9.72 Å². The van der Waals surface area contributed by atoms with E-state index < -0.39 is 10.8 Å². The molecular formula is C17H12Cl2N4O3. The number of nitriles is 1. The number of rotatable bonds is 6. The Balaban J connectivity index is 2.06. The molecule has 0 radical (unpaired) electrons. The molecular weight excluding hydrogens is 379 g/mol. The van der Waals surface area contributed by atoms with E-state index in [1.54, 1.807) is 30.3 Å².